The smallest absolute Gasteiger partial charge is 0.0664 e. The van der Waals surface area contributed by atoms with Gasteiger partial charge in [0.25, 0.3) is 0 Å². The van der Waals surface area contributed by atoms with Crippen LogP contribution >= 0.6 is 23.2 Å². The predicted molar refractivity (Wildman–Crippen MR) is 75.8 cm³/mol. The van der Waals surface area contributed by atoms with Crippen LogP contribution in [0.3, 0.4) is 0 Å². The third kappa shape index (κ3) is 2.39. The van der Waals surface area contributed by atoms with E-state index < -0.39 is 0 Å². The molecule has 96 valence electrons. The molecule has 0 aliphatic rings. The highest BCUT2D eigenvalue weighted by Crippen LogP contribution is 2.26. The first-order valence-corrected chi connectivity index (χ1v) is 6.47. The van der Waals surface area contributed by atoms with Crippen LogP contribution in [-0.4, -0.2) is 16.8 Å². The van der Waals surface area contributed by atoms with E-state index in [0.29, 0.717) is 10.0 Å². The Morgan fingerprint density at radius 3 is 2.61 bits per heavy atom. The fourth-order valence-corrected chi connectivity index (χ4v) is 2.17. The van der Waals surface area contributed by atoms with Crippen molar-refractivity contribution < 1.29 is 0 Å². The van der Waals surface area contributed by atoms with Gasteiger partial charge in [-0.1, -0.05) is 23.2 Å². The zero-order valence-corrected chi connectivity index (χ0v) is 12.0. The van der Waals surface area contributed by atoms with E-state index >= 15 is 0 Å². The van der Waals surface area contributed by atoms with Crippen molar-refractivity contribution in [1.29, 1.82) is 0 Å². The summed E-state index contributed by atoms with van der Waals surface area (Å²) in [7, 11) is 1.93. The maximum absolute atomic E-state index is 6.03. The molecule has 1 unspecified atom stereocenters. The molecular weight excluding hydrogens is 269 g/mol. The Bertz CT molecular complexity index is 563. The number of halogens is 2. The first-order valence-electron chi connectivity index (χ1n) is 5.71. The molecule has 2 rings (SSSR count). The number of nitrogens with zero attached hydrogens (tertiary/aromatic N) is 2. The monoisotopic (exact) mass is 283 g/mol. The second-order valence-corrected chi connectivity index (χ2v) is 5.02. The second-order valence-electron chi connectivity index (χ2n) is 4.21. The van der Waals surface area contributed by atoms with Gasteiger partial charge in [-0.05, 0) is 39.1 Å². The Morgan fingerprint density at radius 1 is 1.28 bits per heavy atom. The largest absolute Gasteiger partial charge is 0.313 e. The Kier molecular flexibility index (Phi) is 3.95. The third-order valence-corrected chi connectivity index (χ3v) is 3.83. The Morgan fingerprint density at radius 2 is 2.00 bits per heavy atom. The van der Waals surface area contributed by atoms with Crippen molar-refractivity contribution in [3.63, 3.8) is 0 Å². The number of benzene rings is 1. The summed E-state index contributed by atoms with van der Waals surface area (Å²) in [4.78, 5) is 0. The fraction of sp³-hybridized carbons (Fsp3) is 0.308. The molecule has 0 aliphatic carbocycles. The summed E-state index contributed by atoms with van der Waals surface area (Å²) in [5, 5.41) is 8.69. The lowest BCUT2D eigenvalue weighted by Gasteiger charge is -2.10. The first kappa shape index (κ1) is 13.4. The molecule has 0 aliphatic heterocycles. The van der Waals surface area contributed by atoms with Gasteiger partial charge < -0.3 is 5.32 Å². The second kappa shape index (κ2) is 5.31. The molecule has 0 spiro atoms. The summed E-state index contributed by atoms with van der Waals surface area (Å²) in [6.45, 7) is 4.14. The van der Waals surface area contributed by atoms with Crippen LogP contribution in [-0.2, 0) is 0 Å². The molecule has 0 saturated heterocycles. The summed E-state index contributed by atoms with van der Waals surface area (Å²) in [5.74, 6) is 0. The van der Waals surface area contributed by atoms with Gasteiger partial charge in [0, 0.05) is 17.3 Å². The van der Waals surface area contributed by atoms with E-state index in [0.717, 1.165) is 11.4 Å². The van der Waals surface area contributed by atoms with Crippen LogP contribution in [0.5, 0.6) is 0 Å². The molecule has 0 radical (unpaired) electrons. The van der Waals surface area contributed by atoms with Gasteiger partial charge in [-0.2, -0.15) is 5.10 Å². The van der Waals surface area contributed by atoms with Gasteiger partial charge in [-0.25, -0.2) is 4.68 Å². The fourth-order valence-electron chi connectivity index (χ4n) is 1.88. The minimum atomic E-state index is 0.265. The molecule has 0 amide bonds. The van der Waals surface area contributed by atoms with Gasteiger partial charge >= 0.3 is 0 Å². The van der Waals surface area contributed by atoms with Crippen LogP contribution in [0, 0.1) is 6.92 Å². The number of nitrogens with one attached hydrogen (secondary N) is 1. The highest BCUT2D eigenvalue weighted by Gasteiger charge is 2.13. The summed E-state index contributed by atoms with van der Waals surface area (Å²) < 4.78 is 1.87. The first-order chi connectivity index (χ1) is 8.54. The van der Waals surface area contributed by atoms with Crippen molar-refractivity contribution in [1.82, 2.24) is 15.1 Å². The lowest BCUT2D eigenvalue weighted by Crippen LogP contribution is -2.13. The zero-order valence-electron chi connectivity index (χ0n) is 10.5. The van der Waals surface area contributed by atoms with E-state index in [1.807, 2.05) is 37.0 Å². The van der Waals surface area contributed by atoms with Crippen molar-refractivity contribution in [2.45, 2.75) is 19.9 Å². The minimum absolute atomic E-state index is 0.265. The van der Waals surface area contributed by atoms with E-state index in [9.17, 15) is 0 Å². The third-order valence-electron chi connectivity index (χ3n) is 3.10. The van der Waals surface area contributed by atoms with Gasteiger partial charge in [0.2, 0.25) is 0 Å². The molecule has 1 N–H and O–H groups in total. The topological polar surface area (TPSA) is 29.9 Å². The normalized spacial score (nSPS) is 12.7. The van der Waals surface area contributed by atoms with Crippen LogP contribution in [0.2, 0.25) is 10.0 Å². The number of aromatic nitrogens is 2. The Hall–Kier alpha value is -1.03. The maximum atomic E-state index is 6.03. The summed E-state index contributed by atoms with van der Waals surface area (Å²) in [5.41, 5.74) is 3.18. The molecular formula is C13H15Cl2N3. The molecule has 1 aromatic carbocycles. The molecule has 0 bridgehead atoms. The van der Waals surface area contributed by atoms with Crippen molar-refractivity contribution in [3.8, 4) is 5.69 Å². The van der Waals surface area contributed by atoms with Crippen molar-refractivity contribution in [2.75, 3.05) is 7.05 Å². The highest BCUT2D eigenvalue weighted by molar-refractivity contribution is 6.42. The Balaban J connectivity index is 2.45. The summed E-state index contributed by atoms with van der Waals surface area (Å²) >= 11 is 11.9. The molecule has 0 fully saturated rings. The van der Waals surface area contributed by atoms with E-state index in [2.05, 4.69) is 17.3 Å². The summed E-state index contributed by atoms with van der Waals surface area (Å²) in [6, 6.07) is 5.77. The average molecular weight is 284 g/mol. The van der Waals surface area contributed by atoms with E-state index in [-0.39, 0.29) is 6.04 Å². The van der Waals surface area contributed by atoms with Crippen LogP contribution in [0.1, 0.15) is 24.2 Å². The number of hydrogen-bond acceptors (Lipinski definition) is 2. The molecule has 3 nitrogen and oxygen atoms in total. The lowest BCUT2D eigenvalue weighted by atomic mass is 10.1. The zero-order chi connectivity index (χ0) is 13.3. The summed E-state index contributed by atoms with van der Waals surface area (Å²) in [6.07, 6.45) is 1.87. The average Bonchev–Trinajstić information content (AvgIpc) is 2.74. The van der Waals surface area contributed by atoms with Gasteiger partial charge in [0.1, 0.15) is 0 Å². The SMILES string of the molecule is CNC(C)c1cnn(-c2ccc(Cl)c(Cl)c2)c1C. The lowest BCUT2D eigenvalue weighted by molar-refractivity contribution is 0.647. The molecule has 0 saturated carbocycles. The molecule has 5 heteroatoms. The van der Waals surface area contributed by atoms with Crippen LogP contribution in [0.4, 0.5) is 0 Å². The minimum Gasteiger partial charge on any atom is -0.313 e. The standard InChI is InChI=1S/C13H15Cl2N3/c1-8(16-3)11-7-17-18(9(11)2)10-4-5-12(14)13(15)6-10/h4-8,16H,1-3H3. The molecule has 2 aromatic rings. The van der Waals surface area contributed by atoms with E-state index in [4.69, 9.17) is 23.2 Å². The molecule has 18 heavy (non-hydrogen) atoms. The van der Waals surface area contributed by atoms with Crippen LogP contribution in [0.15, 0.2) is 24.4 Å². The predicted octanol–water partition coefficient (Wildman–Crippen LogP) is 3.77. The van der Waals surface area contributed by atoms with Crippen LogP contribution in [0.25, 0.3) is 5.69 Å². The van der Waals surface area contributed by atoms with Crippen molar-refractivity contribution >= 4 is 23.2 Å². The number of hydrogen-bond donors (Lipinski definition) is 1. The maximum Gasteiger partial charge on any atom is 0.0664 e. The van der Waals surface area contributed by atoms with Crippen molar-refractivity contribution in [2.24, 2.45) is 0 Å². The molecule has 1 aromatic heterocycles. The van der Waals surface area contributed by atoms with Gasteiger partial charge in [-0.15, -0.1) is 0 Å². The van der Waals surface area contributed by atoms with Gasteiger partial charge in [0.15, 0.2) is 0 Å². The van der Waals surface area contributed by atoms with Crippen molar-refractivity contribution in [3.05, 3.63) is 45.7 Å². The Labute approximate surface area is 117 Å². The number of rotatable bonds is 3. The quantitative estimate of drug-likeness (QED) is 0.929. The molecule has 1 atom stereocenters. The molecule has 1 heterocycles. The van der Waals surface area contributed by atoms with Crippen LogP contribution < -0.4 is 5.32 Å². The van der Waals surface area contributed by atoms with Gasteiger partial charge in [-0.3, -0.25) is 0 Å². The highest BCUT2D eigenvalue weighted by atomic mass is 35.5. The van der Waals surface area contributed by atoms with E-state index in [1.54, 1.807) is 6.07 Å². The van der Waals surface area contributed by atoms with E-state index in [1.165, 1.54) is 5.56 Å². The van der Waals surface area contributed by atoms with Gasteiger partial charge in [0.05, 0.1) is 21.9 Å².